The number of methoxy groups -OCH3 is 2. The van der Waals surface area contributed by atoms with Crippen molar-refractivity contribution in [3.05, 3.63) is 15.8 Å². The molecule has 0 unspecified atom stereocenters. The predicted octanol–water partition coefficient (Wildman–Crippen LogP) is 1.03. The van der Waals surface area contributed by atoms with Gasteiger partial charge in [-0.1, -0.05) is 0 Å². The molecule has 1 aromatic rings. The minimum Gasteiger partial charge on any atom is -0.506 e. The Morgan fingerprint density at radius 3 is 2.36 bits per heavy atom. The van der Waals surface area contributed by atoms with Crippen LogP contribution in [0.3, 0.4) is 0 Å². The van der Waals surface area contributed by atoms with Crippen LogP contribution in [0.1, 0.15) is 19.3 Å². The van der Waals surface area contributed by atoms with Crippen LogP contribution < -0.4 is 0 Å². The van der Waals surface area contributed by atoms with Gasteiger partial charge in [-0.2, -0.15) is 0 Å². The van der Waals surface area contributed by atoms with E-state index in [-0.39, 0.29) is 15.5 Å². The van der Waals surface area contributed by atoms with Gasteiger partial charge in [0, 0.05) is 6.07 Å². The Morgan fingerprint density at radius 2 is 1.86 bits per heavy atom. The normalized spacial score (nSPS) is 9.57. The molecule has 6 heteroatoms. The number of hydrogen-bond acceptors (Lipinski definition) is 6. The Balaban J connectivity index is 3.05. The van der Waals surface area contributed by atoms with Crippen LogP contribution in [0.15, 0.2) is 6.07 Å². The topological polar surface area (TPSA) is 72.8 Å². The lowest BCUT2D eigenvalue weighted by atomic mass is 10.4. The van der Waals surface area contributed by atoms with Crippen molar-refractivity contribution < 1.29 is 24.2 Å². The summed E-state index contributed by atoms with van der Waals surface area (Å²) in [6.07, 6.45) is 0. The molecular formula is C8H8O5S. The van der Waals surface area contributed by atoms with Crippen LogP contribution in [-0.4, -0.2) is 31.3 Å². The van der Waals surface area contributed by atoms with Crippen molar-refractivity contribution in [1.82, 2.24) is 0 Å². The summed E-state index contributed by atoms with van der Waals surface area (Å²) in [5.41, 5.74) is 0. The van der Waals surface area contributed by atoms with Gasteiger partial charge in [0.2, 0.25) is 0 Å². The molecule has 0 aliphatic heterocycles. The van der Waals surface area contributed by atoms with Crippen molar-refractivity contribution in [2.24, 2.45) is 0 Å². The SMILES string of the molecule is COC(=O)c1cc(O)c(C(=O)OC)s1. The van der Waals surface area contributed by atoms with E-state index < -0.39 is 11.9 Å². The van der Waals surface area contributed by atoms with Crippen LogP contribution in [0, 0.1) is 0 Å². The van der Waals surface area contributed by atoms with Crippen LogP contribution in [0.5, 0.6) is 5.75 Å². The van der Waals surface area contributed by atoms with Crippen molar-refractivity contribution in [2.75, 3.05) is 14.2 Å². The summed E-state index contributed by atoms with van der Waals surface area (Å²) < 4.78 is 8.83. The second-order valence-electron chi connectivity index (χ2n) is 2.31. The minimum absolute atomic E-state index is 0.00657. The van der Waals surface area contributed by atoms with Gasteiger partial charge < -0.3 is 14.6 Å². The zero-order chi connectivity index (χ0) is 10.7. The smallest absolute Gasteiger partial charge is 0.351 e. The van der Waals surface area contributed by atoms with Gasteiger partial charge in [0.1, 0.15) is 10.6 Å². The third kappa shape index (κ3) is 1.85. The molecule has 0 aliphatic rings. The summed E-state index contributed by atoms with van der Waals surface area (Å²) in [5, 5.41) is 9.28. The summed E-state index contributed by atoms with van der Waals surface area (Å²) >= 11 is 0.826. The quantitative estimate of drug-likeness (QED) is 0.747. The Kier molecular flexibility index (Phi) is 3.08. The molecule has 1 rings (SSSR count). The Morgan fingerprint density at radius 1 is 1.29 bits per heavy atom. The standard InChI is InChI=1S/C8H8O5S/c1-12-7(10)5-3-4(9)6(14-5)8(11)13-2/h3,9H,1-2H3. The molecule has 1 heterocycles. The fraction of sp³-hybridized carbons (Fsp3) is 0.250. The van der Waals surface area contributed by atoms with Crippen molar-refractivity contribution in [3.8, 4) is 5.75 Å². The molecule has 0 fully saturated rings. The van der Waals surface area contributed by atoms with Crippen LogP contribution in [0.25, 0.3) is 0 Å². The van der Waals surface area contributed by atoms with Crippen LogP contribution in [-0.2, 0) is 9.47 Å². The first-order chi connectivity index (χ1) is 6.60. The molecule has 1 aromatic heterocycles. The molecule has 0 aromatic carbocycles. The highest BCUT2D eigenvalue weighted by Crippen LogP contribution is 2.29. The third-order valence-electron chi connectivity index (χ3n) is 1.47. The van der Waals surface area contributed by atoms with E-state index in [4.69, 9.17) is 0 Å². The molecule has 0 atom stereocenters. The molecule has 0 spiro atoms. The number of carbonyl (C=O) groups is 2. The van der Waals surface area contributed by atoms with E-state index in [1.165, 1.54) is 20.3 Å². The molecule has 0 saturated heterocycles. The van der Waals surface area contributed by atoms with Crippen molar-refractivity contribution in [3.63, 3.8) is 0 Å². The molecule has 0 radical (unpaired) electrons. The van der Waals surface area contributed by atoms with Crippen LogP contribution >= 0.6 is 11.3 Å². The molecule has 1 N–H and O–H groups in total. The molecule has 0 saturated carbocycles. The maximum Gasteiger partial charge on any atom is 0.351 e. The second kappa shape index (κ2) is 4.10. The van der Waals surface area contributed by atoms with Gasteiger partial charge in [-0.15, -0.1) is 11.3 Å². The highest BCUT2D eigenvalue weighted by molar-refractivity contribution is 7.16. The zero-order valence-electron chi connectivity index (χ0n) is 7.57. The number of aromatic hydroxyl groups is 1. The van der Waals surface area contributed by atoms with Crippen molar-refractivity contribution in [1.29, 1.82) is 0 Å². The zero-order valence-corrected chi connectivity index (χ0v) is 8.38. The van der Waals surface area contributed by atoms with E-state index in [1.54, 1.807) is 0 Å². The van der Waals surface area contributed by atoms with Gasteiger partial charge >= 0.3 is 11.9 Å². The Hall–Kier alpha value is -1.56. The summed E-state index contributed by atoms with van der Waals surface area (Å²) in [6.45, 7) is 0. The average Bonchev–Trinajstić information content (AvgIpc) is 2.58. The summed E-state index contributed by atoms with van der Waals surface area (Å²) in [5.74, 6) is -1.55. The summed E-state index contributed by atoms with van der Waals surface area (Å²) in [4.78, 5) is 22.2. The van der Waals surface area contributed by atoms with E-state index in [1.807, 2.05) is 0 Å². The number of rotatable bonds is 2. The highest BCUT2D eigenvalue weighted by atomic mass is 32.1. The van der Waals surface area contributed by atoms with Gasteiger partial charge in [-0.05, 0) is 0 Å². The van der Waals surface area contributed by atoms with E-state index in [9.17, 15) is 14.7 Å². The molecule has 76 valence electrons. The first kappa shape index (κ1) is 10.5. The maximum absolute atomic E-state index is 11.0. The van der Waals surface area contributed by atoms with Crippen molar-refractivity contribution in [2.45, 2.75) is 0 Å². The lowest BCUT2D eigenvalue weighted by molar-refractivity contribution is 0.0596. The molecule has 0 bridgehead atoms. The van der Waals surface area contributed by atoms with E-state index in [0.29, 0.717) is 0 Å². The largest absolute Gasteiger partial charge is 0.506 e. The van der Waals surface area contributed by atoms with Gasteiger partial charge in [-0.3, -0.25) is 0 Å². The summed E-state index contributed by atoms with van der Waals surface area (Å²) in [7, 11) is 2.41. The van der Waals surface area contributed by atoms with E-state index in [2.05, 4.69) is 9.47 Å². The van der Waals surface area contributed by atoms with Gasteiger partial charge in [0.25, 0.3) is 0 Å². The lowest BCUT2D eigenvalue weighted by Gasteiger charge is -1.94. The molecule has 5 nitrogen and oxygen atoms in total. The average molecular weight is 216 g/mol. The Bertz CT molecular complexity index is 368. The second-order valence-corrected chi connectivity index (χ2v) is 3.36. The van der Waals surface area contributed by atoms with Gasteiger partial charge in [0.05, 0.1) is 14.2 Å². The van der Waals surface area contributed by atoms with Gasteiger partial charge in [-0.25, -0.2) is 9.59 Å². The fourth-order valence-corrected chi connectivity index (χ4v) is 1.71. The first-order valence-electron chi connectivity index (χ1n) is 3.59. The minimum atomic E-state index is -0.678. The molecule has 0 aliphatic carbocycles. The molecule has 0 amide bonds. The first-order valence-corrected chi connectivity index (χ1v) is 4.41. The van der Waals surface area contributed by atoms with E-state index in [0.717, 1.165) is 11.3 Å². The highest BCUT2D eigenvalue weighted by Gasteiger charge is 2.19. The summed E-state index contributed by atoms with van der Waals surface area (Å²) in [6, 6.07) is 1.17. The Labute approximate surface area is 83.9 Å². The molecule has 14 heavy (non-hydrogen) atoms. The number of ether oxygens (including phenoxy) is 2. The van der Waals surface area contributed by atoms with Crippen LogP contribution in [0.2, 0.25) is 0 Å². The lowest BCUT2D eigenvalue weighted by Crippen LogP contribution is -1.98. The fourth-order valence-electron chi connectivity index (χ4n) is 0.822. The predicted molar refractivity (Wildman–Crippen MR) is 48.7 cm³/mol. The van der Waals surface area contributed by atoms with Crippen molar-refractivity contribution >= 4 is 23.3 Å². The number of carbonyl (C=O) groups excluding carboxylic acids is 2. The number of esters is 2. The van der Waals surface area contributed by atoms with E-state index >= 15 is 0 Å². The third-order valence-corrected chi connectivity index (χ3v) is 2.55. The maximum atomic E-state index is 11.0. The van der Waals surface area contributed by atoms with Gasteiger partial charge in [0.15, 0.2) is 4.88 Å². The van der Waals surface area contributed by atoms with Crippen LogP contribution in [0.4, 0.5) is 0 Å². The molecular weight excluding hydrogens is 208 g/mol. The number of hydrogen-bond donors (Lipinski definition) is 1. The number of thiophene rings is 1. The monoisotopic (exact) mass is 216 g/mol.